The van der Waals surface area contributed by atoms with Crippen LogP contribution >= 0.6 is 54.5 Å². The molecule has 1 aromatic heterocycles. The number of carbonyl (C=O) groups is 1. The molecule has 136 valence electrons. The van der Waals surface area contributed by atoms with Gasteiger partial charge >= 0.3 is 5.91 Å². The first kappa shape index (κ1) is 19.9. The Hall–Kier alpha value is -1.83. The summed E-state index contributed by atoms with van der Waals surface area (Å²) in [6, 6.07) is 10.9. The Bertz CT molecular complexity index is 1090. The molecule has 0 saturated heterocycles. The molecule has 0 radical (unpaired) electrons. The highest BCUT2D eigenvalue weighted by atomic mass is 127. The van der Waals surface area contributed by atoms with Crippen LogP contribution in [0.15, 0.2) is 54.9 Å². The van der Waals surface area contributed by atoms with Gasteiger partial charge in [-0.1, -0.05) is 21.9 Å². The molecule has 1 N–H and O–H groups in total. The van der Waals surface area contributed by atoms with E-state index in [2.05, 4.69) is 70.9 Å². The van der Waals surface area contributed by atoms with Crippen LogP contribution in [-0.4, -0.2) is 18.7 Å². The number of amides is 1. The van der Waals surface area contributed by atoms with Crippen molar-refractivity contribution in [1.29, 1.82) is 0 Å². The average molecular weight is 602 g/mol. The van der Waals surface area contributed by atoms with Gasteiger partial charge in [-0.15, -0.1) is 6.42 Å². The van der Waals surface area contributed by atoms with Gasteiger partial charge in [0.2, 0.25) is 0 Å². The molecule has 8 heteroatoms. The topological polar surface area (TPSA) is 63.8 Å². The van der Waals surface area contributed by atoms with Crippen LogP contribution in [0.1, 0.15) is 16.1 Å². The average Bonchev–Trinajstić information content (AvgIpc) is 3.05. The van der Waals surface area contributed by atoms with E-state index in [4.69, 9.17) is 15.6 Å². The molecule has 0 fully saturated rings. The normalized spacial score (nSPS) is 10.9. The van der Waals surface area contributed by atoms with Crippen LogP contribution in [0.2, 0.25) is 0 Å². The molecular weight excluding hydrogens is 591 g/mol. The first-order valence-electron chi connectivity index (χ1n) is 7.55. The molecule has 2 aromatic carbocycles. The van der Waals surface area contributed by atoms with Crippen molar-refractivity contribution in [1.82, 2.24) is 5.43 Å². The van der Waals surface area contributed by atoms with Crippen LogP contribution in [0, 0.1) is 15.9 Å². The van der Waals surface area contributed by atoms with Crippen molar-refractivity contribution in [2.75, 3.05) is 6.61 Å². The molecule has 27 heavy (non-hydrogen) atoms. The maximum Gasteiger partial charge on any atom is 0.307 e. The van der Waals surface area contributed by atoms with Crippen molar-refractivity contribution in [3.63, 3.8) is 0 Å². The molecule has 5 nitrogen and oxygen atoms in total. The van der Waals surface area contributed by atoms with Crippen LogP contribution < -0.4 is 10.2 Å². The lowest BCUT2D eigenvalue weighted by molar-refractivity contribution is 0.0929. The zero-order chi connectivity index (χ0) is 19.4. The second-order valence-corrected chi connectivity index (χ2v) is 8.23. The number of rotatable bonds is 5. The number of halogens is 3. The van der Waals surface area contributed by atoms with Gasteiger partial charge in [-0.3, -0.25) is 4.79 Å². The maximum atomic E-state index is 12.3. The van der Waals surface area contributed by atoms with E-state index in [9.17, 15) is 4.79 Å². The second-order valence-electron chi connectivity index (χ2n) is 5.30. The van der Waals surface area contributed by atoms with E-state index in [1.54, 1.807) is 18.3 Å². The SMILES string of the molecule is C#CCOc1ccc(/C=N\NC(=O)c2cc3cc(Br)cc(Br)c3o2)cc1I. The third-order valence-electron chi connectivity index (χ3n) is 3.41. The lowest BCUT2D eigenvalue weighted by atomic mass is 10.2. The number of benzene rings is 2. The monoisotopic (exact) mass is 600 g/mol. The molecule has 0 aliphatic heterocycles. The van der Waals surface area contributed by atoms with Gasteiger partial charge in [0.25, 0.3) is 0 Å². The standard InChI is InChI=1S/C19H11Br2IN2O3/c1-2-5-26-16-4-3-11(6-15(16)22)10-23-24-19(25)17-8-12-7-13(20)9-14(21)18(12)27-17/h1,3-4,6-10H,5H2,(H,24,25)/b23-10-. The van der Waals surface area contributed by atoms with Gasteiger partial charge in [0.15, 0.2) is 5.76 Å². The van der Waals surface area contributed by atoms with Gasteiger partial charge in [0, 0.05) is 9.86 Å². The minimum Gasteiger partial charge on any atom is -0.480 e. The third-order valence-corrected chi connectivity index (χ3v) is 5.30. The number of hydrogen-bond donors (Lipinski definition) is 1. The summed E-state index contributed by atoms with van der Waals surface area (Å²) in [5.41, 5.74) is 3.87. The fourth-order valence-corrected chi connectivity index (χ4v) is 4.28. The fraction of sp³-hybridized carbons (Fsp3) is 0.0526. The molecule has 0 spiro atoms. The van der Waals surface area contributed by atoms with E-state index in [0.717, 1.165) is 23.5 Å². The number of nitrogens with zero attached hydrogens (tertiary/aromatic N) is 1. The highest BCUT2D eigenvalue weighted by molar-refractivity contribution is 14.1. The largest absolute Gasteiger partial charge is 0.480 e. The lowest BCUT2D eigenvalue weighted by Crippen LogP contribution is -2.16. The molecular formula is C19H11Br2IN2O3. The zero-order valence-corrected chi connectivity index (χ0v) is 19.0. The smallest absolute Gasteiger partial charge is 0.307 e. The van der Waals surface area contributed by atoms with Crippen molar-refractivity contribution < 1.29 is 13.9 Å². The Morgan fingerprint density at radius 1 is 1.33 bits per heavy atom. The minimum absolute atomic E-state index is 0.175. The number of ether oxygens (including phenoxy) is 1. The predicted molar refractivity (Wildman–Crippen MR) is 120 cm³/mol. The number of carbonyl (C=O) groups excluding carboxylic acids is 1. The summed E-state index contributed by atoms with van der Waals surface area (Å²) < 4.78 is 13.6. The van der Waals surface area contributed by atoms with E-state index in [-0.39, 0.29) is 12.4 Å². The Morgan fingerprint density at radius 2 is 2.15 bits per heavy atom. The molecule has 0 aliphatic carbocycles. The quantitative estimate of drug-likeness (QED) is 0.186. The molecule has 0 unspecified atom stereocenters. The van der Waals surface area contributed by atoms with Crippen LogP contribution in [-0.2, 0) is 0 Å². The van der Waals surface area contributed by atoms with Crippen LogP contribution in [0.5, 0.6) is 5.75 Å². The third kappa shape index (κ3) is 4.91. The number of fused-ring (bicyclic) bond motifs is 1. The van der Waals surface area contributed by atoms with E-state index in [0.29, 0.717) is 11.3 Å². The molecule has 0 aliphatic rings. The van der Waals surface area contributed by atoms with Gasteiger partial charge in [0.05, 0.1) is 14.3 Å². The molecule has 3 aromatic rings. The van der Waals surface area contributed by atoms with Crippen molar-refractivity contribution in [3.8, 4) is 18.1 Å². The van der Waals surface area contributed by atoms with Crippen LogP contribution in [0.4, 0.5) is 0 Å². The maximum absolute atomic E-state index is 12.3. The number of nitrogens with one attached hydrogen (secondary N) is 1. The highest BCUT2D eigenvalue weighted by Gasteiger charge is 2.14. The summed E-state index contributed by atoms with van der Waals surface area (Å²) in [5, 5.41) is 4.79. The number of terminal acetylenes is 1. The Balaban J connectivity index is 1.69. The second kappa shape index (κ2) is 8.91. The van der Waals surface area contributed by atoms with E-state index >= 15 is 0 Å². The summed E-state index contributed by atoms with van der Waals surface area (Å²) in [5.74, 6) is 2.86. The highest BCUT2D eigenvalue weighted by Crippen LogP contribution is 2.31. The van der Waals surface area contributed by atoms with E-state index in [1.165, 1.54) is 0 Å². The number of furan rings is 1. The molecule has 0 bridgehead atoms. The van der Waals surface area contributed by atoms with E-state index < -0.39 is 5.91 Å². The Labute approximate surface area is 185 Å². The first-order valence-corrected chi connectivity index (χ1v) is 10.2. The molecule has 1 amide bonds. The minimum atomic E-state index is -0.436. The zero-order valence-electron chi connectivity index (χ0n) is 13.6. The van der Waals surface area contributed by atoms with Crippen molar-refractivity contribution in [3.05, 3.63) is 60.2 Å². The summed E-state index contributed by atoms with van der Waals surface area (Å²) >= 11 is 8.97. The molecule has 0 atom stereocenters. The van der Waals surface area contributed by atoms with Crippen LogP contribution in [0.25, 0.3) is 11.0 Å². The van der Waals surface area contributed by atoms with Crippen molar-refractivity contribution in [2.24, 2.45) is 5.10 Å². The van der Waals surface area contributed by atoms with E-state index in [1.807, 2.05) is 24.3 Å². The number of hydrazone groups is 1. The molecule has 0 saturated carbocycles. The van der Waals surface area contributed by atoms with Crippen LogP contribution in [0.3, 0.4) is 0 Å². The predicted octanol–water partition coefficient (Wildman–Crippen LogP) is 5.34. The summed E-state index contributed by atoms with van der Waals surface area (Å²) in [4.78, 5) is 12.3. The first-order chi connectivity index (χ1) is 13.0. The van der Waals surface area contributed by atoms with Gasteiger partial charge in [-0.05, 0) is 80.5 Å². The summed E-state index contributed by atoms with van der Waals surface area (Å²) in [6.07, 6.45) is 6.73. The molecule has 3 rings (SSSR count). The lowest BCUT2D eigenvalue weighted by Gasteiger charge is -2.05. The van der Waals surface area contributed by atoms with Gasteiger partial charge in [0.1, 0.15) is 17.9 Å². The Morgan fingerprint density at radius 3 is 2.89 bits per heavy atom. The fourth-order valence-electron chi connectivity index (χ4n) is 2.24. The molecule has 1 heterocycles. The van der Waals surface area contributed by atoms with Crippen molar-refractivity contribution >= 4 is 77.5 Å². The van der Waals surface area contributed by atoms with Crippen molar-refractivity contribution in [2.45, 2.75) is 0 Å². The summed E-state index contributed by atoms with van der Waals surface area (Å²) in [6.45, 7) is 0.212. The van der Waals surface area contributed by atoms with Gasteiger partial charge < -0.3 is 9.15 Å². The number of hydrogen-bond acceptors (Lipinski definition) is 4. The van der Waals surface area contributed by atoms with Gasteiger partial charge in [-0.25, -0.2) is 5.43 Å². The van der Waals surface area contributed by atoms with Gasteiger partial charge in [-0.2, -0.15) is 5.10 Å². The summed E-state index contributed by atoms with van der Waals surface area (Å²) in [7, 11) is 0. The Kier molecular flexibility index (Phi) is 6.57.